The second kappa shape index (κ2) is 28.7. The smallest absolute Gasteiger partial charge is 0.330 e. The van der Waals surface area contributed by atoms with Crippen LogP contribution in [0.5, 0.6) is 34.5 Å². The van der Waals surface area contributed by atoms with Gasteiger partial charge in [-0.1, -0.05) is 0 Å². The molecule has 0 amide bonds. The van der Waals surface area contributed by atoms with Gasteiger partial charge in [0.25, 0.3) is 0 Å². The minimum atomic E-state index is -5.17. The predicted octanol–water partition coefficient (Wildman–Crippen LogP) is -2.12. The summed E-state index contributed by atoms with van der Waals surface area (Å²) in [6.07, 6.45) is 5.83. The van der Waals surface area contributed by atoms with E-state index in [4.69, 9.17) is 45.9 Å². The molecule has 0 bridgehead atoms. The van der Waals surface area contributed by atoms with Crippen LogP contribution in [0, 0.1) is 0 Å². The van der Waals surface area contributed by atoms with Crippen LogP contribution in [0.4, 0.5) is 0 Å². The van der Waals surface area contributed by atoms with Crippen molar-refractivity contribution in [1.82, 2.24) is 0 Å². The lowest BCUT2D eigenvalue weighted by Gasteiger charge is -2.23. The molecule has 2 rings (SSSR count). The summed E-state index contributed by atoms with van der Waals surface area (Å²) in [5, 5.41) is 19.6. The summed E-state index contributed by atoms with van der Waals surface area (Å²) in [7, 11) is 12.8. The fraction of sp³-hybridized carbons (Fsp3) is 0.438. The Kier molecular flexibility index (Phi) is 32.6. The van der Waals surface area contributed by atoms with Gasteiger partial charge >= 0.3 is 11.9 Å². The molecule has 0 aliphatic carbocycles. The quantitative estimate of drug-likeness (QED) is 0.0678. The van der Waals surface area contributed by atoms with E-state index in [2.05, 4.69) is 0 Å². The number of rotatable bonds is 14. The first-order chi connectivity index (χ1) is 22.5. The lowest BCUT2D eigenvalue weighted by atomic mass is 10.1. The summed E-state index contributed by atoms with van der Waals surface area (Å²) in [4.78, 5) is 23.3. The number of phenolic OH excluding ortho intramolecular Hbond substituents is 2. The van der Waals surface area contributed by atoms with Crippen molar-refractivity contribution in [3.05, 3.63) is 47.5 Å². The number of hydrogen-bond acceptors (Lipinski definition) is 14. The Morgan fingerprint density at radius 3 is 1.00 bits per heavy atom. The van der Waals surface area contributed by atoms with Crippen molar-refractivity contribution in [3.8, 4) is 34.5 Å². The van der Waals surface area contributed by atoms with Crippen molar-refractivity contribution in [2.24, 2.45) is 0 Å². The first-order valence-electron chi connectivity index (χ1n) is 14.4. The minimum absolute atomic E-state index is 0. The normalized spacial score (nSPS) is 10.4. The van der Waals surface area contributed by atoms with E-state index in [1.807, 2.05) is 42.3 Å². The van der Waals surface area contributed by atoms with Crippen LogP contribution in [0.1, 0.15) is 11.1 Å². The fourth-order valence-electron chi connectivity index (χ4n) is 3.28. The third kappa shape index (κ3) is 28.8. The van der Waals surface area contributed by atoms with E-state index < -0.39 is 22.3 Å². The zero-order valence-electron chi connectivity index (χ0n) is 32.0. The predicted molar refractivity (Wildman–Crippen MR) is 197 cm³/mol. The van der Waals surface area contributed by atoms with E-state index in [0.717, 1.165) is 22.1 Å². The number of likely N-dealkylation sites (N-methyl/N-ethyl adjacent to an activating group) is 2. The van der Waals surface area contributed by atoms with Crippen molar-refractivity contribution in [2.75, 3.05) is 97.0 Å². The second-order valence-corrected chi connectivity index (χ2v) is 12.8. The number of carbonyl (C=O) groups is 2. The molecule has 54 heavy (non-hydrogen) atoms. The van der Waals surface area contributed by atoms with Crippen molar-refractivity contribution < 1.29 is 102 Å². The summed E-state index contributed by atoms with van der Waals surface area (Å²) in [5.41, 5.74) is 1.32. The molecule has 316 valence electrons. The Labute approximate surface area is 315 Å². The van der Waals surface area contributed by atoms with Crippen LogP contribution >= 0.6 is 0 Å². The molecule has 12 N–H and O–H groups in total. The Morgan fingerprint density at radius 2 is 0.815 bits per heavy atom. The van der Waals surface area contributed by atoms with Crippen LogP contribution in [0.3, 0.4) is 0 Å². The summed E-state index contributed by atoms with van der Waals surface area (Å²) >= 11 is 0. The van der Waals surface area contributed by atoms with Gasteiger partial charge in [-0.25, -0.2) is 9.59 Å². The third-order valence-electron chi connectivity index (χ3n) is 5.84. The maximum Gasteiger partial charge on any atom is 0.330 e. The Bertz CT molecular complexity index is 1380. The summed E-state index contributed by atoms with van der Waals surface area (Å²) in [5.74, 6) is 0.115. The van der Waals surface area contributed by atoms with Crippen LogP contribution in [0.15, 0.2) is 36.4 Å². The van der Waals surface area contributed by atoms with E-state index in [0.29, 0.717) is 24.3 Å². The van der Waals surface area contributed by atoms with Gasteiger partial charge in [-0.3, -0.25) is 8.42 Å². The van der Waals surface area contributed by atoms with Crippen LogP contribution in [-0.4, -0.2) is 173 Å². The van der Waals surface area contributed by atoms with Gasteiger partial charge in [0.05, 0.1) is 70.7 Å². The average molecular weight is 807 g/mol. The number of ether oxygens (including phenoxy) is 6. The van der Waals surface area contributed by atoms with Crippen molar-refractivity contribution in [2.45, 2.75) is 0 Å². The molecule has 0 saturated carbocycles. The molecule has 21 nitrogen and oxygen atoms in total. The lowest BCUT2D eigenvalue weighted by Crippen LogP contribution is -2.37. The van der Waals surface area contributed by atoms with E-state index in [1.165, 1.54) is 40.6 Å². The molecule has 0 aromatic heterocycles. The number of carbonyl (C=O) groups excluding carboxylic acids is 2. The fourth-order valence-corrected chi connectivity index (χ4v) is 3.28. The summed E-state index contributed by atoms with van der Waals surface area (Å²) in [6, 6.07) is 6.42. The number of aromatic hydroxyl groups is 2. The Hall–Kier alpha value is -4.75. The van der Waals surface area contributed by atoms with Gasteiger partial charge in [0.15, 0.2) is 23.0 Å². The van der Waals surface area contributed by atoms with Crippen LogP contribution < -0.4 is 18.9 Å². The van der Waals surface area contributed by atoms with Crippen molar-refractivity contribution in [1.29, 1.82) is 0 Å². The first kappa shape index (κ1) is 61.3. The first-order valence-corrected chi connectivity index (χ1v) is 15.7. The highest BCUT2D eigenvalue weighted by Crippen LogP contribution is 2.38. The SMILES string of the molecule is COc1cc(/C=C/C(=O)OCC[N+](C)(C)C)cc(OC)c1O.COc1cc(/C=C/C(=O)OCC[N+](C)(C)C)cc(OC)c1O.O.O.O.O.O.O=S(=O)([O-])[O-]. The van der Waals surface area contributed by atoms with Crippen molar-refractivity contribution >= 4 is 34.5 Å². The van der Waals surface area contributed by atoms with E-state index >= 15 is 0 Å². The maximum absolute atomic E-state index is 11.7. The molecule has 0 aliphatic rings. The highest BCUT2D eigenvalue weighted by Gasteiger charge is 2.12. The largest absolute Gasteiger partial charge is 0.759 e. The molecule has 2 aromatic carbocycles. The molecule has 0 atom stereocenters. The van der Waals surface area contributed by atoms with Crippen LogP contribution in [0.2, 0.25) is 0 Å². The van der Waals surface area contributed by atoms with E-state index in [1.54, 1.807) is 36.4 Å². The van der Waals surface area contributed by atoms with Gasteiger partial charge in [-0.15, -0.1) is 0 Å². The minimum Gasteiger partial charge on any atom is -0.759 e. The van der Waals surface area contributed by atoms with Gasteiger partial charge in [0.1, 0.15) is 26.3 Å². The lowest BCUT2D eigenvalue weighted by molar-refractivity contribution is -0.870. The molecule has 0 saturated heterocycles. The van der Waals surface area contributed by atoms with Crippen molar-refractivity contribution in [3.63, 3.8) is 0 Å². The van der Waals surface area contributed by atoms with Gasteiger partial charge in [-0.05, 0) is 47.5 Å². The molecular weight excluding hydrogens is 748 g/mol. The van der Waals surface area contributed by atoms with Crippen LogP contribution in [0.25, 0.3) is 12.2 Å². The highest BCUT2D eigenvalue weighted by molar-refractivity contribution is 7.79. The monoisotopic (exact) mass is 806 g/mol. The summed E-state index contributed by atoms with van der Waals surface area (Å²) < 4.78 is 66.0. The molecule has 0 radical (unpaired) electrons. The number of hydrogen-bond donors (Lipinski definition) is 2. The third-order valence-corrected chi connectivity index (χ3v) is 5.84. The molecule has 0 heterocycles. The molecule has 2 aromatic rings. The van der Waals surface area contributed by atoms with Crippen LogP contribution in [-0.2, 0) is 29.5 Å². The van der Waals surface area contributed by atoms with E-state index in [-0.39, 0.29) is 61.9 Å². The number of nitrogens with zero attached hydrogens (tertiary/aromatic N) is 2. The number of benzene rings is 2. The number of esters is 2. The molecule has 22 heteroatoms. The zero-order valence-corrected chi connectivity index (χ0v) is 32.9. The van der Waals surface area contributed by atoms with E-state index in [9.17, 15) is 19.8 Å². The van der Waals surface area contributed by atoms with Gasteiger partial charge in [0, 0.05) is 22.6 Å². The Balaban J connectivity index is -0.000000175. The molecule has 0 spiro atoms. The second-order valence-electron chi connectivity index (χ2n) is 12.0. The highest BCUT2D eigenvalue weighted by atomic mass is 32.3. The molecule has 0 unspecified atom stereocenters. The number of phenols is 2. The maximum atomic E-state index is 11.7. The topological polar surface area (TPSA) is 368 Å². The zero-order chi connectivity index (χ0) is 38.0. The summed E-state index contributed by atoms with van der Waals surface area (Å²) in [6.45, 7) is 2.19. The number of methoxy groups -OCH3 is 4. The molecule has 0 aliphatic heterocycles. The van der Waals surface area contributed by atoms with Gasteiger partial charge in [-0.2, -0.15) is 0 Å². The standard InChI is InChI=1S/2C16H23NO5.H2O4S.5H2O/c2*1-17(2,3)8-9-22-15(18)7-6-12-10-13(20-4)16(19)14(11-12)21-5;1-5(2,3)4;;;;;/h2*6-7,10-11H,8-9H2,1-5H3;(H2,1,2,3,4);5*1H2. The van der Waals surface area contributed by atoms with Gasteiger partial charge in [0.2, 0.25) is 11.5 Å². The number of quaternary nitrogens is 2. The molecular formula is C32H58N2O19S. The average Bonchev–Trinajstić information content (AvgIpc) is 2.98. The van der Waals surface area contributed by atoms with Gasteiger partial charge < -0.3 is 84.1 Å². The molecule has 0 fully saturated rings. The Morgan fingerprint density at radius 1 is 0.593 bits per heavy atom.